The zero-order valence-corrected chi connectivity index (χ0v) is 11.3. The Kier molecular flexibility index (Phi) is 8.81. The minimum absolute atomic E-state index is 0.159. The van der Waals surface area contributed by atoms with Crippen LogP contribution < -0.4 is 16.0 Å². The molecule has 3 amide bonds. The predicted molar refractivity (Wildman–Crippen MR) is 69.6 cm³/mol. The summed E-state index contributed by atoms with van der Waals surface area (Å²) in [4.78, 5) is 33.1. The number of hydrogen-bond acceptors (Lipinski definition) is 4. The third-order valence-corrected chi connectivity index (χ3v) is 2.77. The second kappa shape index (κ2) is 9.58. The van der Waals surface area contributed by atoms with Crippen LogP contribution in [-0.4, -0.2) is 54.7 Å². The summed E-state index contributed by atoms with van der Waals surface area (Å²) < 4.78 is 0. The molecule has 0 aromatic rings. The second-order valence-corrected chi connectivity index (χ2v) is 4.48. The Labute approximate surface area is 110 Å². The van der Waals surface area contributed by atoms with Crippen molar-refractivity contribution >= 4 is 29.7 Å². The molecule has 0 rings (SSSR count). The summed E-state index contributed by atoms with van der Waals surface area (Å²) in [7, 11) is 1.51. The van der Waals surface area contributed by atoms with Crippen molar-refractivity contribution in [2.45, 2.75) is 18.9 Å². The van der Waals surface area contributed by atoms with Crippen LogP contribution >= 0.6 is 11.8 Å². The van der Waals surface area contributed by atoms with E-state index in [-0.39, 0.29) is 18.9 Å². The van der Waals surface area contributed by atoms with E-state index in [1.54, 1.807) is 0 Å². The molecule has 0 aliphatic rings. The Hall–Kier alpha value is -1.44. The van der Waals surface area contributed by atoms with Crippen molar-refractivity contribution in [2.75, 3.05) is 25.6 Å². The Morgan fingerprint density at radius 1 is 1.33 bits per heavy atom. The highest BCUT2D eigenvalue weighted by Gasteiger charge is 2.18. The summed E-state index contributed by atoms with van der Waals surface area (Å²) in [5.74, 6) is -0.604. The standard InChI is InChI=1S/C10H19N3O4S/c1-11-8(14)3-5-12-10(17)13-7(9(15)16)4-6-18-2/h7H,3-6H2,1-2H3,(H,11,14)(H,15,16)(H2,12,13,17)/t7-/m0/s1. The van der Waals surface area contributed by atoms with E-state index in [4.69, 9.17) is 5.11 Å². The van der Waals surface area contributed by atoms with Crippen LogP contribution in [0.15, 0.2) is 0 Å². The van der Waals surface area contributed by atoms with Crippen molar-refractivity contribution in [3.05, 3.63) is 0 Å². The minimum atomic E-state index is -1.06. The number of carboxylic acids is 1. The third kappa shape index (κ3) is 7.77. The molecule has 0 aromatic carbocycles. The first-order valence-corrected chi connectivity index (χ1v) is 6.87. The van der Waals surface area contributed by atoms with E-state index in [9.17, 15) is 14.4 Å². The molecular weight excluding hydrogens is 258 g/mol. The fraction of sp³-hybridized carbons (Fsp3) is 0.700. The van der Waals surface area contributed by atoms with Gasteiger partial charge >= 0.3 is 12.0 Å². The molecule has 0 aromatic heterocycles. The zero-order chi connectivity index (χ0) is 14.0. The zero-order valence-electron chi connectivity index (χ0n) is 10.5. The molecule has 104 valence electrons. The topological polar surface area (TPSA) is 108 Å². The van der Waals surface area contributed by atoms with Gasteiger partial charge in [0.2, 0.25) is 5.91 Å². The SMILES string of the molecule is CNC(=O)CCNC(=O)N[C@@H](CCSC)C(=O)O. The maximum absolute atomic E-state index is 11.4. The first kappa shape index (κ1) is 16.6. The van der Waals surface area contributed by atoms with Crippen molar-refractivity contribution < 1.29 is 19.5 Å². The number of carboxylic acid groups (broad SMARTS) is 1. The van der Waals surface area contributed by atoms with Crippen LogP contribution in [0.25, 0.3) is 0 Å². The van der Waals surface area contributed by atoms with Gasteiger partial charge in [-0.25, -0.2) is 9.59 Å². The molecule has 0 unspecified atom stereocenters. The molecule has 0 aliphatic carbocycles. The fourth-order valence-corrected chi connectivity index (χ4v) is 1.59. The van der Waals surface area contributed by atoms with Gasteiger partial charge in [-0.2, -0.15) is 11.8 Å². The number of carbonyl (C=O) groups is 3. The maximum atomic E-state index is 11.4. The van der Waals surface area contributed by atoms with Crippen LogP contribution in [0.5, 0.6) is 0 Å². The molecule has 4 N–H and O–H groups in total. The van der Waals surface area contributed by atoms with E-state index < -0.39 is 18.0 Å². The van der Waals surface area contributed by atoms with Gasteiger partial charge in [0.1, 0.15) is 6.04 Å². The molecule has 0 radical (unpaired) electrons. The highest BCUT2D eigenvalue weighted by molar-refractivity contribution is 7.98. The smallest absolute Gasteiger partial charge is 0.326 e. The molecule has 0 saturated heterocycles. The summed E-state index contributed by atoms with van der Waals surface area (Å²) in [5.41, 5.74) is 0. The van der Waals surface area contributed by atoms with Crippen molar-refractivity contribution in [1.29, 1.82) is 0 Å². The normalized spacial score (nSPS) is 11.4. The Bertz CT molecular complexity index is 299. The lowest BCUT2D eigenvalue weighted by Crippen LogP contribution is -2.46. The van der Waals surface area contributed by atoms with E-state index in [0.717, 1.165) is 0 Å². The van der Waals surface area contributed by atoms with Crippen LogP contribution in [0, 0.1) is 0 Å². The monoisotopic (exact) mass is 277 g/mol. The van der Waals surface area contributed by atoms with E-state index >= 15 is 0 Å². The van der Waals surface area contributed by atoms with Gasteiger partial charge in [0.25, 0.3) is 0 Å². The molecule has 18 heavy (non-hydrogen) atoms. The summed E-state index contributed by atoms with van der Waals surface area (Å²) in [5, 5.41) is 16.1. The van der Waals surface area contributed by atoms with Gasteiger partial charge in [-0.3, -0.25) is 4.79 Å². The highest BCUT2D eigenvalue weighted by Crippen LogP contribution is 2.00. The molecule has 0 heterocycles. The number of carbonyl (C=O) groups excluding carboxylic acids is 2. The van der Waals surface area contributed by atoms with Crippen LogP contribution in [0.1, 0.15) is 12.8 Å². The second-order valence-electron chi connectivity index (χ2n) is 3.50. The van der Waals surface area contributed by atoms with Gasteiger partial charge in [0.05, 0.1) is 0 Å². The number of rotatable bonds is 8. The number of amides is 3. The molecule has 8 heteroatoms. The lowest BCUT2D eigenvalue weighted by molar-refractivity contribution is -0.139. The first-order chi connectivity index (χ1) is 8.51. The number of hydrogen-bond donors (Lipinski definition) is 4. The predicted octanol–water partition coefficient (Wildman–Crippen LogP) is -0.372. The molecule has 7 nitrogen and oxygen atoms in total. The summed E-state index contributed by atoms with van der Waals surface area (Å²) in [6.07, 6.45) is 2.38. The van der Waals surface area contributed by atoms with Gasteiger partial charge in [-0.15, -0.1) is 0 Å². The van der Waals surface area contributed by atoms with E-state index in [2.05, 4.69) is 16.0 Å². The largest absolute Gasteiger partial charge is 0.480 e. The van der Waals surface area contributed by atoms with Crippen molar-refractivity contribution in [3.63, 3.8) is 0 Å². The highest BCUT2D eigenvalue weighted by atomic mass is 32.2. The van der Waals surface area contributed by atoms with E-state index in [1.807, 2.05) is 6.26 Å². The molecular formula is C10H19N3O4S. The lowest BCUT2D eigenvalue weighted by atomic mass is 10.2. The summed E-state index contributed by atoms with van der Waals surface area (Å²) in [6.45, 7) is 0.167. The minimum Gasteiger partial charge on any atom is -0.480 e. The van der Waals surface area contributed by atoms with E-state index in [1.165, 1.54) is 18.8 Å². The number of nitrogens with one attached hydrogen (secondary N) is 3. The molecule has 0 spiro atoms. The first-order valence-electron chi connectivity index (χ1n) is 5.48. The number of thioether (sulfide) groups is 1. The van der Waals surface area contributed by atoms with Gasteiger partial charge in [0, 0.05) is 20.0 Å². The molecule has 1 atom stereocenters. The Balaban J connectivity index is 3.94. The quantitative estimate of drug-likeness (QED) is 0.484. The molecule has 0 fully saturated rings. The Morgan fingerprint density at radius 2 is 2.00 bits per heavy atom. The maximum Gasteiger partial charge on any atom is 0.326 e. The van der Waals surface area contributed by atoms with Crippen LogP contribution in [0.4, 0.5) is 4.79 Å². The van der Waals surface area contributed by atoms with Crippen molar-refractivity contribution in [3.8, 4) is 0 Å². The van der Waals surface area contributed by atoms with Gasteiger partial charge < -0.3 is 21.1 Å². The molecule has 0 saturated carbocycles. The van der Waals surface area contributed by atoms with Gasteiger partial charge in [0.15, 0.2) is 0 Å². The van der Waals surface area contributed by atoms with Gasteiger partial charge in [-0.05, 0) is 18.4 Å². The number of aliphatic carboxylic acids is 1. The van der Waals surface area contributed by atoms with Crippen LogP contribution in [0.3, 0.4) is 0 Å². The van der Waals surface area contributed by atoms with Crippen LogP contribution in [-0.2, 0) is 9.59 Å². The number of urea groups is 1. The lowest BCUT2D eigenvalue weighted by Gasteiger charge is -2.14. The summed E-state index contributed by atoms with van der Waals surface area (Å²) in [6, 6.07) is -1.48. The average molecular weight is 277 g/mol. The molecule has 0 aliphatic heterocycles. The third-order valence-electron chi connectivity index (χ3n) is 2.13. The average Bonchev–Trinajstić information content (AvgIpc) is 2.33. The van der Waals surface area contributed by atoms with Crippen molar-refractivity contribution in [1.82, 2.24) is 16.0 Å². The van der Waals surface area contributed by atoms with Gasteiger partial charge in [-0.1, -0.05) is 0 Å². The van der Waals surface area contributed by atoms with Crippen molar-refractivity contribution in [2.24, 2.45) is 0 Å². The Morgan fingerprint density at radius 3 is 2.50 bits per heavy atom. The van der Waals surface area contributed by atoms with E-state index in [0.29, 0.717) is 12.2 Å². The van der Waals surface area contributed by atoms with Crippen LogP contribution in [0.2, 0.25) is 0 Å². The molecule has 0 bridgehead atoms. The fourth-order valence-electron chi connectivity index (χ4n) is 1.12. The summed E-state index contributed by atoms with van der Waals surface area (Å²) >= 11 is 1.51.